The smallest absolute Gasteiger partial charge is 0.305 e. The van der Waals surface area contributed by atoms with Crippen LogP contribution in [0.3, 0.4) is 0 Å². The number of alkyl halides is 1. The highest BCUT2D eigenvalue weighted by molar-refractivity contribution is 9.09. The summed E-state index contributed by atoms with van der Waals surface area (Å²) in [5, 5.41) is 0.912. The quantitative estimate of drug-likeness (QED) is 0.369. The topological polar surface area (TPSA) is 44.8 Å². The lowest BCUT2D eigenvalue weighted by atomic mass is 10.3. The molecule has 20 heavy (non-hydrogen) atoms. The summed E-state index contributed by atoms with van der Waals surface area (Å²) in [5.41, 5.74) is 0. The van der Waals surface area contributed by atoms with E-state index in [0.717, 1.165) is 17.5 Å². The number of para-hydroxylation sites is 2. The fourth-order valence-corrected chi connectivity index (χ4v) is 1.79. The van der Waals surface area contributed by atoms with Crippen LogP contribution in [0, 0.1) is 0 Å². The van der Waals surface area contributed by atoms with Crippen molar-refractivity contribution in [1.29, 1.82) is 0 Å². The van der Waals surface area contributed by atoms with Crippen LogP contribution < -0.4 is 9.47 Å². The standard InChI is InChI=1S/C15H21BrO4/c1-2-18-15(17)9-5-11-19-13-7-3-4-8-14(13)20-12-6-10-16/h3-4,7-8H,2,5-6,9-12H2,1H3. The Labute approximate surface area is 128 Å². The summed E-state index contributed by atoms with van der Waals surface area (Å²) < 4.78 is 16.2. The fraction of sp³-hybridized carbons (Fsp3) is 0.533. The molecule has 0 N–H and O–H groups in total. The first-order chi connectivity index (χ1) is 9.77. The molecule has 0 saturated heterocycles. The molecule has 0 unspecified atom stereocenters. The SMILES string of the molecule is CCOC(=O)CCCOc1ccccc1OCCCBr. The van der Waals surface area contributed by atoms with Crippen molar-refractivity contribution >= 4 is 21.9 Å². The maximum absolute atomic E-state index is 11.2. The average molecular weight is 345 g/mol. The molecule has 0 aliphatic heterocycles. The molecule has 1 aromatic carbocycles. The summed E-state index contributed by atoms with van der Waals surface area (Å²) in [7, 11) is 0. The Balaban J connectivity index is 2.33. The number of esters is 1. The number of ether oxygens (including phenoxy) is 3. The minimum absolute atomic E-state index is 0.182. The van der Waals surface area contributed by atoms with Crippen LogP contribution in [-0.4, -0.2) is 31.1 Å². The maximum atomic E-state index is 11.2. The molecule has 0 aliphatic carbocycles. The molecule has 0 saturated carbocycles. The van der Waals surface area contributed by atoms with E-state index in [-0.39, 0.29) is 5.97 Å². The van der Waals surface area contributed by atoms with Crippen molar-refractivity contribution in [2.75, 3.05) is 25.2 Å². The van der Waals surface area contributed by atoms with Crippen molar-refractivity contribution in [2.24, 2.45) is 0 Å². The Morgan fingerprint density at radius 2 is 1.70 bits per heavy atom. The van der Waals surface area contributed by atoms with Crippen molar-refractivity contribution in [3.05, 3.63) is 24.3 Å². The molecule has 0 atom stereocenters. The highest BCUT2D eigenvalue weighted by Crippen LogP contribution is 2.26. The molecule has 0 fully saturated rings. The number of benzene rings is 1. The normalized spacial score (nSPS) is 10.1. The molecule has 0 spiro atoms. The second kappa shape index (κ2) is 10.5. The Hall–Kier alpha value is -1.23. The van der Waals surface area contributed by atoms with E-state index in [4.69, 9.17) is 14.2 Å². The minimum atomic E-state index is -0.182. The van der Waals surface area contributed by atoms with Gasteiger partial charge in [-0.15, -0.1) is 0 Å². The molecule has 0 aromatic heterocycles. The van der Waals surface area contributed by atoms with Gasteiger partial charge in [-0.3, -0.25) is 4.79 Å². The van der Waals surface area contributed by atoms with Crippen molar-refractivity contribution < 1.29 is 19.0 Å². The highest BCUT2D eigenvalue weighted by Gasteiger charge is 2.05. The Bertz CT molecular complexity index is 395. The van der Waals surface area contributed by atoms with Crippen LogP contribution in [0.15, 0.2) is 24.3 Å². The Morgan fingerprint density at radius 3 is 2.25 bits per heavy atom. The third-order valence-corrected chi connectivity index (χ3v) is 3.03. The van der Waals surface area contributed by atoms with E-state index >= 15 is 0 Å². The third kappa shape index (κ3) is 6.80. The van der Waals surface area contributed by atoms with Gasteiger partial charge in [-0.25, -0.2) is 0 Å². The molecular formula is C15H21BrO4. The summed E-state index contributed by atoms with van der Waals surface area (Å²) in [4.78, 5) is 11.2. The summed E-state index contributed by atoms with van der Waals surface area (Å²) in [6, 6.07) is 7.57. The molecule has 1 aromatic rings. The fourth-order valence-electron chi connectivity index (χ4n) is 1.56. The minimum Gasteiger partial charge on any atom is -0.490 e. The Morgan fingerprint density at radius 1 is 1.10 bits per heavy atom. The van der Waals surface area contributed by atoms with Gasteiger partial charge in [-0.2, -0.15) is 0 Å². The first kappa shape index (κ1) is 16.8. The van der Waals surface area contributed by atoms with Crippen molar-refractivity contribution in [3.63, 3.8) is 0 Å². The maximum Gasteiger partial charge on any atom is 0.305 e. The van der Waals surface area contributed by atoms with E-state index in [0.29, 0.717) is 38.4 Å². The zero-order chi connectivity index (χ0) is 14.6. The van der Waals surface area contributed by atoms with Gasteiger partial charge in [0.25, 0.3) is 0 Å². The Kier molecular flexibility index (Phi) is 8.87. The largest absolute Gasteiger partial charge is 0.490 e. The van der Waals surface area contributed by atoms with Crippen LogP contribution in [0.1, 0.15) is 26.2 Å². The van der Waals surface area contributed by atoms with Crippen LogP contribution in [0.25, 0.3) is 0 Å². The second-order valence-electron chi connectivity index (χ2n) is 4.09. The zero-order valence-corrected chi connectivity index (χ0v) is 13.4. The number of carbonyl (C=O) groups excluding carboxylic acids is 1. The predicted octanol–water partition coefficient (Wildman–Crippen LogP) is 3.57. The lowest BCUT2D eigenvalue weighted by Gasteiger charge is -2.12. The number of hydrogen-bond donors (Lipinski definition) is 0. The van der Waals surface area contributed by atoms with Crippen molar-refractivity contribution in [2.45, 2.75) is 26.2 Å². The summed E-state index contributed by atoms with van der Waals surface area (Å²) in [5.74, 6) is 1.27. The summed E-state index contributed by atoms with van der Waals surface area (Å²) in [6.45, 7) is 3.34. The number of rotatable bonds is 10. The van der Waals surface area contributed by atoms with E-state index in [1.165, 1.54) is 0 Å². The van der Waals surface area contributed by atoms with Gasteiger partial charge in [0, 0.05) is 11.8 Å². The van der Waals surface area contributed by atoms with E-state index in [2.05, 4.69) is 15.9 Å². The van der Waals surface area contributed by atoms with Crippen LogP contribution in [-0.2, 0) is 9.53 Å². The highest BCUT2D eigenvalue weighted by atomic mass is 79.9. The van der Waals surface area contributed by atoms with E-state index < -0.39 is 0 Å². The summed E-state index contributed by atoms with van der Waals surface area (Å²) in [6.07, 6.45) is 1.95. The molecule has 0 heterocycles. The van der Waals surface area contributed by atoms with Gasteiger partial charge in [0.15, 0.2) is 11.5 Å². The molecule has 0 amide bonds. The van der Waals surface area contributed by atoms with E-state index in [9.17, 15) is 4.79 Å². The van der Waals surface area contributed by atoms with Gasteiger partial charge in [0.05, 0.1) is 19.8 Å². The molecule has 5 heteroatoms. The zero-order valence-electron chi connectivity index (χ0n) is 11.8. The molecule has 112 valence electrons. The van der Waals surface area contributed by atoms with Gasteiger partial charge in [0.2, 0.25) is 0 Å². The number of halogens is 1. The van der Waals surface area contributed by atoms with Crippen LogP contribution in [0.2, 0.25) is 0 Å². The molecule has 0 bridgehead atoms. The average Bonchev–Trinajstić information content (AvgIpc) is 2.45. The van der Waals surface area contributed by atoms with Gasteiger partial charge < -0.3 is 14.2 Å². The molecule has 4 nitrogen and oxygen atoms in total. The molecule has 0 aliphatic rings. The molecular weight excluding hydrogens is 324 g/mol. The number of hydrogen-bond acceptors (Lipinski definition) is 4. The van der Waals surface area contributed by atoms with Gasteiger partial charge >= 0.3 is 5.97 Å². The monoisotopic (exact) mass is 344 g/mol. The lowest BCUT2D eigenvalue weighted by Crippen LogP contribution is -2.07. The first-order valence-electron chi connectivity index (χ1n) is 6.84. The van der Waals surface area contributed by atoms with Gasteiger partial charge in [0.1, 0.15) is 0 Å². The van der Waals surface area contributed by atoms with E-state index in [1.54, 1.807) is 6.92 Å². The lowest BCUT2D eigenvalue weighted by molar-refractivity contribution is -0.143. The van der Waals surface area contributed by atoms with Crippen LogP contribution >= 0.6 is 15.9 Å². The molecule has 1 rings (SSSR count). The number of carbonyl (C=O) groups is 1. The van der Waals surface area contributed by atoms with Crippen molar-refractivity contribution in [3.8, 4) is 11.5 Å². The third-order valence-electron chi connectivity index (χ3n) is 2.47. The predicted molar refractivity (Wildman–Crippen MR) is 81.7 cm³/mol. The van der Waals surface area contributed by atoms with Gasteiger partial charge in [-0.1, -0.05) is 28.1 Å². The van der Waals surface area contributed by atoms with Crippen LogP contribution in [0.5, 0.6) is 11.5 Å². The second-order valence-corrected chi connectivity index (χ2v) is 4.89. The first-order valence-corrected chi connectivity index (χ1v) is 7.96. The van der Waals surface area contributed by atoms with E-state index in [1.807, 2.05) is 24.3 Å². The summed E-state index contributed by atoms with van der Waals surface area (Å²) >= 11 is 3.36. The van der Waals surface area contributed by atoms with Crippen LogP contribution in [0.4, 0.5) is 0 Å². The molecule has 0 radical (unpaired) electrons. The van der Waals surface area contributed by atoms with Crippen molar-refractivity contribution in [1.82, 2.24) is 0 Å². The van der Waals surface area contributed by atoms with Gasteiger partial charge in [-0.05, 0) is 31.9 Å².